The van der Waals surface area contributed by atoms with E-state index in [4.69, 9.17) is 5.73 Å². The molecule has 25 heavy (non-hydrogen) atoms. The monoisotopic (exact) mass is 352 g/mol. The fraction of sp³-hybridized carbons (Fsp3) is 0.222. The first-order valence-electron chi connectivity index (χ1n) is 7.53. The van der Waals surface area contributed by atoms with E-state index in [-0.39, 0.29) is 22.0 Å². The minimum absolute atomic E-state index is 0.0141. The number of aryl methyl sites for hydroxylation is 1. The normalized spacial score (nSPS) is 11.4. The molecule has 0 fully saturated rings. The van der Waals surface area contributed by atoms with Crippen LogP contribution < -0.4 is 5.73 Å². The zero-order valence-corrected chi connectivity index (χ0v) is 14.6. The van der Waals surface area contributed by atoms with Gasteiger partial charge in [-0.25, -0.2) is 4.98 Å². The number of hydrogen-bond acceptors (Lipinski definition) is 6. The summed E-state index contributed by atoms with van der Waals surface area (Å²) in [6.45, 7) is 3.67. The van der Waals surface area contributed by atoms with Crippen LogP contribution in [-0.2, 0) is 4.79 Å². The van der Waals surface area contributed by atoms with E-state index in [1.54, 1.807) is 19.1 Å². The average Bonchev–Trinajstić information content (AvgIpc) is 2.59. The summed E-state index contributed by atoms with van der Waals surface area (Å²) in [6, 6.07) is 11.4. The number of carbonyl (C=O) groups is 1. The highest BCUT2D eigenvalue weighted by molar-refractivity contribution is 8.00. The maximum atomic E-state index is 11.3. The number of nitrogen functional groups attached to an aromatic ring is 1. The highest BCUT2D eigenvalue weighted by Gasteiger charge is 2.24. The molecular formula is C18H16N4O2S. The minimum Gasteiger partial charge on any atom is -0.480 e. The summed E-state index contributed by atoms with van der Waals surface area (Å²) in [6.07, 6.45) is 0.367. The molecule has 0 radical (unpaired) electrons. The van der Waals surface area contributed by atoms with Gasteiger partial charge in [-0.2, -0.15) is 10.5 Å². The molecule has 1 heterocycles. The van der Waals surface area contributed by atoms with Crippen LogP contribution in [0.3, 0.4) is 0 Å². The first-order valence-corrected chi connectivity index (χ1v) is 8.41. The van der Waals surface area contributed by atoms with Crippen LogP contribution in [0, 0.1) is 29.6 Å². The first-order chi connectivity index (χ1) is 11.9. The van der Waals surface area contributed by atoms with Gasteiger partial charge in [0.1, 0.15) is 33.8 Å². The number of nitrogens with zero attached hydrogens (tertiary/aromatic N) is 3. The Hall–Kier alpha value is -3.03. The molecule has 1 atom stereocenters. The number of aliphatic carboxylic acids is 1. The SMILES string of the molecule is CCC(Sc1nc(N)c(C#N)c(-c2ccc(C)cc2)c1C#N)C(=O)O. The van der Waals surface area contributed by atoms with Gasteiger partial charge in [-0.3, -0.25) is 4.79 Å². The van der Waals surface area contributed by atoms with Crippen LogP contribution in [0.4, 0.5) is 5.82 Å². The number of benzene rings is 1. The van der Waals surface area contributed by atoms with Crippen LogP contribution in [-0.4, -0.2) is 21.3 Å². The molecule has 0 spiro atoms. The van der Waals surface area contributed by atoms with Crippen LogP contribution in [0.1, 0.15) is 30.0 Å². The minimum atomic E-state index is -0.988. The standard InChI is InChI=1S/C18H16N4O2S/c1-3-14(18(23)24)25-17-13(9-20)15(12(8-19)16(21)22-17)11-6-4-10(2)5-7-11/h4-7,14H,3H2,1-2H3,(H2,21,22)(H,23,24). The predicted molar refractivity (Wildman–Crippen MR) is 95.8 cm³/mol. The lowest BCUT2D eigenvalue weighted by Gasteiger charge is -2.15. The lowest BCUT2D eigenvalue weighted by Crippen LogP contribution is -2.16. The molecule has 1 unspecified atom stereocenters. The maximum absolute atomic E-state index is 11.3. The zero-order chi connectivity index (χ0) is 18.6. The summed E-state index contributed by atoms with van der Waals surface area (Å²) in [4.78, 5) is 15.4. The Morgan fingerprint density at radius 3 is 2.36 bits per heavy atom. The van der Waals surface area contributed by atoms with Crippen LogP contribution in [0.25, 0.3) is 11.1 Å². The molecule has 0 aliphatic carbocycles. The van der Waals surface area contributed by atoms with E-state index in [2.05, 4.69) is 11.1 Å². The molecule has 3 N–H and O–H groups in total. The van der Waals surface area contributed by atoms with Crippen LogP contribution in [0.5, 0.6) is 0 Å². The van der Waals surface area contributed by atoms with Crippen molar-refractivity contribution in [3.63, 3.8) is 0 Å². The number of nitrogens with two attached hydrogens (primary N) is 1. The zero-order valence-electron chi connectivity index (χ0n) is 13.8. The molecule has 6 nitrogen and oxygen atoms in total. The van der Waals surface area contributed by atoms with Crippen LogP contribution >= 0.6 is 11.8 Å². The maximum Gasteiger partial charge on any atom is 0.317 e. The smallest absolute Gasteiger partial charge is 0.317 e. The van der Waals surface area contributed by atoms with Gasteiger partial charge in [0.05, 0.1) is 5.56 Å². The van der Waals surface area contributed by atoms with E-state index in [0.29, 0.717) is 17.5 Å². The highest BCUT2D eigenvalue weighted by atomic mass is 32.2. The van der Waals surface area contributed by atoms with Crippen molar-refractivity contribution >= 4 is 23.5 Å². The molecule has 0 amide bonds. The van der Waals surface area contributed by atoms with Crippen molar-refractivity contribution in [1.82, 2.24) is 4.98 Å². The van der Waals surface area contributed by atoms with Gasteiger partial charge in [0, 0.05) is 5.56 Å². The fourth-order valence-corrected chi connectivity index (χ4v) is 3.29. The topological polar surface area (TPSA) is 124 Å². The molecule has 0 saturated carbocycles. The number of thioether (sulfide) groups is 1. The van der Waals surface area contributed by atoms with Gasteiger partial charge in [-0.15, -0.1) is 0 Å². The van der Waals surface area contributed by atoms with E-state index in [1.165, 1.54) is 0 Å². The third kappa shape index (κ3) is 3.73. The van der Waals surface area contributed by atoms with Gasteiger partial charge >= 0.3 is 5.97 Å². The van der Waals surface area contributed by atoms with E-state index in [1.807, 2.05) is 25.1 Å². The lowest BCUT2D eigenvalue weighted by atomic mass is 9.96. The second-order valence-electron chi connectivity index (χ2n) is 5.37. The molecule has 1 aromatic heterocycles. The Bertz CT molecular complexity index is 895. The van der Waals surface area contributed by atoms with Crippen molar-refractivity contribution in [3.8, 4) is 23.3 Å². The summed E-state index contributed by atoms with van der Waals surface area (Å²) in [5.41, 5.74) is 8.29. The summed E-state index contributed by atoms with van der Waals surface area (Å²) in [5, 5.41) is 27.9. The third-order valence-corrected chi connectivity index (χ3v) is 4.99. The number of carboxylic acid groups (broad SMARTS) is 1. The first kappa shape index (κ1) is 18.3. The molecule has 7 heteroatoms. The largest absolute Gasteiger partial charge is 0.480 e. The average molecular weight is 352 g/mol. The van der Waals surface area contributed by atoms with Crippen molar-refractivity contribution in [2.75, 3.05) is 5.73 Å². The van der Waals surface area contributed by atoms with Crippen molar-refractivity contribution in [1.29, 1.82) is 10.5 Å². The van der Waals surface area contributed by atoms with Crippen molar-refractivity contribution in [3.05, 3.63) is 41.0 Å². The number of carboxylic acids is 1. The van der Waals surface area contributed by atoms with E-state index in [9.17, 15) is 20.4 Å². The highest BCUT2D eigenvalue weighted by Crippen LogP contribution is 2.37. The Morgan fingerprint density at radius 2 is 1.88 bits per heavy atom. The Kier molecular flexibility index (Phi) is 5.63. The van der Waals surface area contributed by atoms with Crippen molar-refractivity contribution < 1.29 is 9.90 Å². The Labute approximate surface area is 149 Å². The second kappa shape index (κ2) is 7.69. The second-order valence-corrected chi connectivity index (χ2v) is 6.56. The molecule has 2 rings (SSSR count). The van der Waals surface area contributed by atoms with Gasteiger partial charge in [0.15, 0.2) is 0 Å². The molecule has 0 saturated heterocycles. The number of pyridine rings is 1. The molecule has 1 aromatic carbocycles. The molecule has 0 aliphatic rings. The van der Waals surface area contributed by atoms with Crippen molar-refractivity contribution in [2.24, 2.45) is 0 Å². The Morgan fingerprint density at radius 1 is 1.28 bits per heavy atom. The van der Waals surface area contributed by atoms with Crippen LogP contribution in [0.15, 0.2) is 29.3 Å². The summed E-state index contributed by atoms with van der Waals surface area (Å²) in [5.74, 6) is -1.00. The third-order valence-electron chi connectivity index (χ3n) is 3.66. The lowest BCUT2D eigenvalue weighted by molar-refractivity contribution is -0.136. The molecule has 126 valence electrons. The van der Waals surface area contributed by atoms with E-state index >= 15 is 0 Å². The molecule has 0 aliphatic heterocycles. The van der Waals surface area contributed by atoms with Gasteiger partial charge in [0.25, 0.3) is 0 Å². The number of aromatic nitrogens is 1. The molecular weight excluding hydrogens is 336 g/mol. The Balaban J connectivity index is 2.73. The molecule has 2 aromatic rings. The fourth-order valence-electron chi connectivity index (χ4n) is 2.34. The number of nitriles is 2. The quantitative estimate of drug-likeness (QED) is 0.791. The van der Waals surface area contributed by atoms with E-state index in [0.717, 1.165) is 17.3 Å². The number of anilines is 1. The van der Waals surface area contributed by atoms with Crippen molar-refractivity contribution in [2.45, 2.75) is 30.5 Å². The summed E-state index contributed by atoms with van der Waals surface area (Å²) in [7, 11) is 0. The van der Waals surface area contributed by atoms with Gasteiger partial charge in [0.2, 0.25) is 0 Å². The van der Waals surface area contributed by atoms with E-state index < -0.39 is 11.2 Å². The number of rotatable bonds is 5. The predicted octanol–water partition coefficient (Wildman–Crippen LogP) is 3.34. The van der Waals surface area contributed by atoms with Gasteiger partial charge < -0.3 is 10.8 Å². The number of hydrogen-bond donors (Lipinski definition) is 2. The molecule has 0 bridgehead atoms. The summed E-state index contributed by atoms with van der Waals surface area (Å²) < 4.78 is 0. The van der Waals surface area contributed by atoms with Gasteiger partial charge in [-0.05, 0) is 18.9 Å². The summed E-state index contributed by atoms with van der Waals surface area (Å²) >= 11 is 0.971. The van der Waals surface area contributed by atoms with Crippen LogP contribution in [0.2, 0.25) is 0 Å². The van der Waals surface area contributed by atoms with Gasteiger partial charge in [-0.1, -0.05) is 48.5 Å².